The second kappa shape index (κ2) is 5.43. The number of hydrogen-bond acceptors (Lipinski definition) is 1. The lowest BCUT2D eigenvalue weighted by molar-refractivity contribution is 0.101. The Morgan fingerprint density at radius 2 is 1.61 bits per heavy atom. The molecule has 0 aliphatic rings. The Labute approximate surface area is 116 Å². The summed E-state index contributed by atoms with van der Waals surface area (Å²) in [5.41, 5.74) is -0.0529. The summed E-state index contributed by atoms with van der Waals surface area (Å²) >= 11 is 2.03. The number of anilines is 1. The number of rotatable bonds is 2. The first-order valence-corrected chi connectivity index (χ1v) is 6.17. The van der Waals surface area contributed by atoms with Crippen molar-refractivity contribution in [1.29, 1.82) is 0 Å². The lowest BCUT2D eigenvalue weighted by Gasteiger charge is -2.08. The number of carbonyl (C=O) groups is 1. The Hall–Kier alpha value is -1.50. The molecule has 0 aliphatic carbocycles. The highest BCUT2D eigenvalue weighted by Gasteiger charge is 2.17. The summed E-state index contributed by atoms with van der Waals surface area (Å²) in [4.78, 5) is 11.8. The number of carbonyl (C=O) groups excluding carboxylic acids is 1. The standard InChI is InChI=1S/C13H8F2INO/c14-8-4-3-5-9(15)12(8)13(18)17-11-7-2-1-6-10(11)16/h1-7H,(H,17,18). The highest BCUT2D eigenvalue weighted by Crippen LogP contribution is 2.19. The molecular formula is C13H8F2INO. The number of halogens is 3. The van der Waals surface area contributed by atoms with Crippen LogP contribution in [0, 0.1) is 15.2 Å². The van der Waals surface area contributed by atoms with Crippen LogP contribution in [0.3, 0.4) is 0 Å². The molecule has 2 nitrogen and oxygen atoms in total. The minimum absolute atomic E-state index is 0.519. The maximum Gasteiger partial charge on any atom is 0.261 e. The van der Waals surface area contributed by atoms with Gasteiger partial charge in [0.1, 0.15) is 17.2 Å². The van der Waals surface area contributed by atoms with Crippen LogP contribution in [0.2, 0.25) is 0 Å². The Bertz CT molecular complexity index is 581. The molecule has 1 amide bonds. The molecule has 0 saturated carbocycles. The molecule has 0 heterocycles. The molecule has 0 aromatic heterocycles. The number of hydrogen-bond donors (Lipinski definition) is 1. The molecule has 0 radical (unpaired) electrons. The van der Waals surface area contributed by atoms with Crippen LogP contribution in [-0.4, -0.2) is 5.91 Å². The zero-order valence-corrected chi connectivity index (χ0v) is 11.2. The summed E-state index contributed by atoms with van der Waals surface area (Å²) < 4.78 is 27.6. The van der Waals surface area contributed by atoms with Crippen LogP contribution in [-0.2, 0) is 0 Å². The maximum absolute atomic E-state index is 13.4. The number of para-hydroxylation sites is 1. The minimum atomic E-state index is -0.876. The van der Waals surface area contributed by atoms with E-state index >= 15 is 0 Å². The minimum Gasteiger partial charge on any atom is -0.321 e. The lowest BCUT2D eigenvalue weighted by Crippen LogP contribution is -2.16. The zero-order chi connectivity index (χ0) is 13.1. The van der Waals surface area contributed by atoms with Crippen molar-refractivity contribution in [3.63, 3.8) is 0 Å². The maximum atomic E-state index is 13.4. The SMILES string of the molecule is O=C(Nc1ccccc1I)c1c(F)cccc1F. The van der Waals surface area contributed by atoms with E-state index in [0.717, 1.165) is 15.7 Å². The summed E-state index contributed by atoms with van der Waals surface area (Å²) in [5.74, 6) is -2.55. The van der Waals surface area contributed by atoms with Crippen molar-refractivity contribution in [3.8, 4) is 0 Å². The van der Waals surface area contributed by atoms with Crippen LogP contribution in [0.25, 0.3) is 0 Å². The van der Waals surface area contributed by atoms with Crippen LogP contribution in [0.1, 0.15) is 10.4 Å². The number of amides is 1. The van der Waals surface area contributed by atoms with E-state index in [9.17, 15) is 13.6 Å². The fourth-order valence-corrected chi connectivity index (χ4v) is 1.98. The van der Waals surface area contributed by atoms with Gasteiger partial charge in [0.15, 0.2) is 0 Å². The average Bonchev–Trinajstić information content (AvgIpc) is 2.32. The number of benzene rings is 2. The molecule has 0 fully saturated rings. The predicted octanol–water partition coefficient (Wildman–Crippen LogP) is 3.82. The summed E-state index contributed by atoms with van der Waals surface area (Å²) in [7, 11) is 0. The molecule has 1 N–H and O–H groups in total. The van der Waals surface area contributed by atoms with Crippen molar-refractivity contribution in [1.82, 2.24) is 0 Å². The Morgan fingerprint density at radius 3 is 2.22 bits per heavy atom. The van der Waals surface area contributed by atoms with Gasteiger partial charge in [0.2, 0.25) is 0 Å². The van der Waals surface area contributed by atoms with Crippen LogP contribution in [0.15, 0.2) is 42.5 Å². The zero-order valence-electron chi connectivity index (χ0n) is 9.08. The third kappa shape index (κ3) is 2.66. The normalized spacial score (nSPS) is 10.2. The van der Waals surface area contributed by atoms with Gasteiger partial charge in [-0.1, -0.05) is 18.2 Å². The molecule has 0 bridgehead atoms. The van der Waals surface area contributed by atoms with Gasteiger partial charge in [-0.3, -0.25) is 4.79 Å². The molecule has 0 saturated heterocycles. The monoisotopic (exact) mass is 359 g/mol. The van der Waals surface area contributed by atoms with Crippen molar-refractivity contribution < 1.29 is 13.6 Å². The third-order valence-electron chi connectivity index (χ3n) is 2.31. The van der Waals surface area contributed by atoms with E-state index in [1.165, 1.54) is 6.07 Å². The second-order valence-electron chi connectivity index (χ2n) is 3.53. The molecule has 2 rings (SSSR count). The van der Waals surface area contributed by atoms with E-state index in [-0.39, 0.29) is 0 Å². The fraction of sp³-hybridized carbons (Fsp3) is 0. The highest BCUT2D eigenvalue weighted by molar-refractivity contribution is 14.1. The Morgan fingerprint density at radius 1 is 1.00 bits per heavy atom. The Balaban J connectivity index is 2.31. The van der Waals surface area contributed by atoms with Crippen LogP contribution < -0.4 is 5.32 Å². The van der Waals surface area contributed by atoms with Gasteiger partial charge in [-0.15, -0.1) is 0 Å². The van der Waals surface area contributed by atoms with Gasteiger partial charge >= 0.3 is 0 Å². The van der Waals surface area contributed by atoms with E-state index in [0.29, 0.717) is 5.69 Å². The van der Waals surface area contributed by atoms with Crippen LogP contribution in [0.5, 0.6) is 0 Å². The predicted molar refractivity (Wildman–Crippen MR) is 73.5 cm³/mol. The van der Waals surface area contributed by atoms with E-state index in [1.807, 2.05) is 22.6 Å². The topological polar surface area (TPSA) is 29.1 Å². The molecule has 5 heteroatoms. The Kier molecular flexibility index (Phi) is 3.90. The summed E-state index contributed by atoms with van der Waals surface area (Å²) in [6.07, 6.45) is 0. The largest absolute Gasteiger partial charge is 0.321 e. The molecule has 2 aromatic rings. The van der Waals surface area contributed by atoms with Gasteiger partial charge in [0.05, 0.1) is 5.69 Å². The first kappa shape index (κ1) is 12.9. The van der Waals surface area contributed by atoms with E-state index < -0.39 is 23.1 Å². The molecule has 18 heavy (non-hydrogen) atoms. The number of nitrogens with one attached hydrogen (secondary N) is 1. The first-order valence-electron chi connectivity index (χ1n) is 5.09. The van der Waals surface area contributed by atoms with Crippen molar-refractivity contribution >= 4 is 34.2 Å². The van der Waals surface area contributed by atoms with Crippen LogP contribution >= 0.6 is 22.6 Å². The molecule has 2 aromatic carbocycles. The summed E-state index contributed by atoms with van der Waals surface area (Å²) in [6.45, 7) is 0. The van der Waals surface area contributed by atoms with Gasteiger partial charge in [-0.05, 0) is 46.9 Å². The van der Waals surface area contributed by atoms with E-state index in [2.05, 4.69) is 5.32 Å². The van der Waals surface area contributed by atoms with Crippen molar-refractivity contribution in [3.05, 3.63) is 63.2 Å². The molecule has 0 unspecified atom stereocenters. The average molecular weight is 359 g/mol. The molecule has 0 spiro atoms. The van der Waals surface area contributed by atoms with Crippen molar-refractivity contribution in [2.45, 2.75) is 0 Å². The smallest absolute Gasteiger partial charge is 0.261 e. The fourth-order valence-electron chi connectivity index (χ4n) is 1.46. The van der Waals surface area contributed by atoms with Crippen molar-refractivity contribution in [2.75, 3.05) is 5.32 Å². The first-order chi connectivity index (χ1) is 8.59. The molecule has 0 atom stereocenters. The van der Waals surface area contributed by atoms with E-state index in [1.54, 1.807) is 24.3 Å². The van der Waals surface area contributed by atoms with Gasteiger partial charge in [-0.2, -0.15) is 0 Å². The second-order valence-corrected chi connectivity index (χ2v) is 4.69. The molecular weight excluding hydrogens is 351 g/mol. The molecule has 0 aliphatic heterocycles. The van der Waals surface area contributed by atoms with Gasteiger partial charge in [0.25, 0.3) is 5.91 Å². The van der Waals surface area contributed by atoms with Gasteiger partial charge in [-0.25, -0.2) is 8.78 Å². The summed E-state index contributed by atoms with van der Waals surface area (Å²) in [6, 6.07) is 10.3. The van der Waals surface area contributed by atoms with Gasteiger partial charge < -0.3 is 5.32 Å². The highest BCUT2D eigenvalue weighted by atomic mass is 127. The molecule has 92 valence electrons. The lowest BCUT2D eigenvalue weighted by atomic mass is 10.2. The summed E-state index contributed by atoms with van der Waals surface area (Å²) in [5, 5.41) is 2.48. The van der Waals surface area contributed by atoms with Gasteiger partial charge in [0, 0.05) is 3.57 Å². The van der Waals surface area contributed by atoms with E-state index in [4.69, 9.17) is 0 Å². The van der Waals surface area contributed by atoms with Crippen molar-refractivity contribution in [2.24, 2.45) is 0 Å². The van der Waals surface area contributed by atoms with Crippen LogP contribution in [0.4, 0.5) is 14.5 Å². The third-order valence-corrected chi connectivity index (χ3v) is 3.25. The quantitative estimate of drug-likeness (QED) is 0.812.